The number of carbonyl (C=O) groups is 2. The van der Waals surface area contributed by atoms with E-state index in [2.05, 4.69) is 5.32 Å². The van der Waals surface area contributed by atoms with Crippen LogP contribution >= 0.6 is 0 Å². The van der Waals surface area contributed by atoms with Crippen LogP contribution in [0.5, 0.6) is 0 Å². The Bertz CT molecular complexity index is 419. The lowest BCUT2D eigenvalue weighted by molar-refractivity contribution is -0.137. The first kappa shape index (κ1) is 16.2. The van der Waals surface area contributed by atoms with E-state index < -0.39 is 5.97 Å². The lowest BCUT2D eigenvalue weighted by atomic mass is 10.2. The number of rotatable bonds is 9. The SMILES string of the molecule is CC(CCC(=O)O)NC(=O)CCOCc1ccccc1. The van der Waals surface area contributed by atoms with Crippen LogP contribution in [0.15, 0.2) is 30.3 Å². The summed E-state index contributed by atoms with van der Waals surface area (Å²) in [7, 11) is 0. The molecule has 1 aromatic carbocycles. The molecule has 0 spiro atoms. The van der Waals surface area contributed by atoms with Crippen molar-refractivity contribution in [1.29, 1.82) is 0 Å². The highest BCUT2D eigenvalue weighted by Gasteiger charge is 2.09. The number of amides is 1. The Morgan fingerprint density at radius 3 is 2.60 bits per heavy atom. The molecule has 0 fully saturated rings. The molecular formula is C15H21NO4. The first-order valence-electron chi connectivity index (χ1n) is 6.70. The van der Waals surface area contributed by atoms with Crippen LogP contribution < -0.4 is 5.32 Å². The Labute approximate surface area is 118 Å². The number of benzene rings is 1. The maximum atomic E-state index is 11.6. The summed E-state index contributed by atoms with van der Waals surface area (Å²) in [5.74, 6) is -0.965. The third-order valence-electron chi connectivity index (χ3n) is 2.78. The number of carbonyl (C=O) groups excluding carboxylic acids is 1. The van der Waals surface area contributed by atoms with Crippen molar-refractivity contribution >= 4 is 11.9 Å². The largest absolute Gasteiger partial charge is 0.481 e. The molecule has 1 rings (SSSR count). The normalized spacial score (nSPS) is 11.8. The molecule has 0 saturated heterocycles. The molecule has 0 aliphatic heterocycles. The Morgan fingerprint density at radius 2 is 1.95 bits per heavy atom. The van der Waals surface area contributed by atoms with Crippen molar-refractivity contribution in [1.82, 2.24) is 5.32 Å². The van der Waals surface area contributed by atoms with E-state index in [0.29, 0.717) is 19.6 Å². The van der Waals surface area contributed by atoms with Crippen LogP contribution in [0.25, 0.3) is 0 Å². The van der Waals surface area contributed by atoms with Gasteiger partial charge in [0, 0.05) is 18.9 Å². The van der Waals surface area contributed by atoms with Crippen LogP contribution in [0.3, 0.4) is 0 Å². The fourth-order valence-electron chi connectivity index (χ4n) is 1.69. The number of carboxylic acid groups (broad SMARTS) is 1. The van der Waals surface area contributed by atoms with E-state index in [9.17, 15) is 9.59 Å². The third kappa shape index (κ3) is 7.53. The average Bonchev–Trinajstić information content (AvgIpc) is 2.42. The fraction of sp³-hybridized carbons (Fsp3) is 0.467. The number of nitrogens with one attached hydrogen (secondary N) is 1. The van der Waals surface area contributed by atoms with Crippen molar-refractivity contribution in [2.24, 2.45) is 0 Å². The molecule has 1 aromatic rings. The molecule has 0 saturated carbocycles. The summed E-state index contributed by atoms with van der Waals surface area (Å²) < 4.78 is 5.42. The molecule has 0 heterocycles. The fourth-order valence-corrected chi connectivity index (χ4v) is 1.69. The van der Waals surface area contributed by atoms with Crippen molar-refractivity contribution in [2.75, 3.05) is 6.61 Å². The zero-order chi connectivity index (χ0) is 14.8. The van der Waals surface area contributed by atoms with E-state index in [1.165, 1.54) is 0 Å². The van der Waals surface area contributed by atoms with E-state index in [-0.39, 0.29) is 24.8 Å². The third-order valence-corrected chi connectivity index (χ3v) is 2.78. The second-order valence-electron chi connectivity index (χ2n) is 4.69. The summed E-state index contributed by atoms with van der Waals surface area (Å²) in [6.45, 7) is 2.64. The smallest absolute Gasteiger partial charge is 0.303 e. The molecule has 0 bridgehead atoms. The highest BCUT2D eigenvalue weighted by Crippen LogP contribution is 2.01. The van der Waals surface area contributed by atoms with Gasteiger partial charge >= 0.3 is 5.97 Å². The molecule has 1 unspecified atom stereocenters. The molecule has 0 aromatic heterocycles. The first-order chi connectivity index (χ1) is 9.58. The molecule has 0 aliphatic rings. The highest BCUT2D eigenvalue weighted by molar-refractivity contribution is 5.76. The summed E-state index contributed by atoms with van der Waals surface area (Å²) >= 11 is 0. The average molecular weight is 279 g/mol. The van der Waals surface area contributed by atoms with E-state index in [1.807, 2.05) is 30.3 Å². The number of aliphatic carboxylic acids is 1. The maximum Gasteiger partial charge on any atom is 0.303 e. The summed E-state index contributed by atoms with van der Waals surface area (Å²) in [6, 6.07) is 9.62. The predicted octanol–water partition coefficient (Wildman–Crippen LogP) is 1.96. The quantitative estimate of drug-likeness (QED) is 0.678. The first-order valence-corrected chi connectivity index (χ1v) is 6.70. The molecule has 2 N–H and O–H groups in total. The predicted molar refractivity (Wildman–Crippen MR) is 75.2 cm³/mol. The molecule has 1 amide bonds. The lowest BCUT2D eigenvalue weighted by Gasteiger charge is -2.12. The van der Waals surface area contributed by atoms with Crippen LogP contribution in [0.4, 0.5) is 0 Å². The van der Waals surface area contributed by atoms with Crippen LogP contribution in [0.1, 0.15) is 31.7 Å². The minimum absolute atomic E-state index is 0.0615. The monoisotopic (exact) mass is 279 g/mol. The summed E-state index contributed by atoms with van der Waals surface area (Å²) in [5, 5.41) is 11.3. The molecule has 5 nitrogen and oxygen atoms in total. The molecule has 1 atom stereocenters. The molecular weight excluding hydrogens is 258 g/mol. The van der Waals surface area contributed by atoms with Gasteiger partial charge in [0.15, 0.2) is 0 Å². The van der Waals surface area contributed by atoms with Crippen molar-refractivity contribution in [3.8, 4) is 0 Å². The summed E-state index contributed by atoms with van der Waals surface area (Å²) in [6.07, 6.45) is 0.780. The van der Waals surface area contributed by atoms with Gasteiger partial charge in [-0.25, -0.2) is 0 Å². The molecule has 20 heavy (non-hydrogen) atoms. The van der Waals surface area contributed by atoms with Gasteiger partial charge < -0.3 is 15.2 Å². The highest BCUT2D eigenvalue weighted by atomic mass is 16.5. The zero-order valence-electron chi connectivity index (χ0n) is 11.7. The number of carboxylic acids is 1. The molecule has 0 aliphatic carbocycles. The van der Waals surface area contributed by atoms with Gasteiger partial charge in [0.2, 0.25) is 5.91 Å². The van der Waals surface area contributed by atoms with E-state index in [0.717, 1.165) is 5.56 Å². The number of ether oxygens (including phenoxy) is 1. The Hall–Kier alpha value is -1.88. The minimum Gasteiger partial charge on any atom is -0.481 e. The summed E-state index contributed by atoms with van der Waals surface area (Å²) in [4.78, 5) is 22.0. The van der Waals surface area contributed by atoms with Crippen molar-refractivity contribution < 1.29 is 19.4 Å². The van der Waals surface area contributed by atoms with Gasteiger partial charge in [0.1, 0.15) is 0 Å². The maximum absolute atomic E-state index is 11.6. The van der Waals surface area contributed by atoms with E-state index in [1.54, 1.807) is 6.92 Å². The molecule has 110 valence electrons. The van der Waals surface area contributed by atoms with Gasteiger partial charge in [-0.3, -0.25) is 9.59 Å². The van der Waals surface area contributed by atoms with Gasteiger partial charge in [0.05, 0.1) is 13.2 Å². The topological polar surface area (TPSA) is 75.6 Å². The lowest BCUT2D eigenvalue weighted by Crippen LogP contribution is -2.33. The van der Waals surface area contributed by atoms with Gasteiger partial charge in [-0.15, -0.1) is 0 Å². The standard InChI is InChI=1S/C15H21NO4/c1-12(7-8-15(18)19)16-14(17)9-10-20-11-13-5-3-2-4-6-13/h2-6,12H,7-11H2,1H3,(H,16,17)(H,18,19). The number of hydrogen-bond acceptors (Lipinski definition) is 3. The van der Waals surface area contributed by atoms with Crippen molar-refractivity contribution in [2.45, 2.75) is 38.8 Å². The van der Waals surface area contributed by atoms with Crippen molar-refractivity contribution in [3.63, 3.8) is 0 Å². The van der Waals surface area contributed by atoms with Crippen LogP contribution in [-0.2, 0) is 20.9 Å². The summed E-state index contributed by atoms with van der Waals surface area (Å²) in [5.41, 5.74) is 1.07. The second kappa shape index (κ2) is 9.09. The minimum atomic E-state index is -0.850. The van der Waals surface area contributed by atoms with Crippen LogP contribution in [-0.4, -0.2) is 29.6 Å². The van der Waals surface area contributed by atoms with Crippen LogP contribution in [0, 0.1) is 0 Å². The Balaban J connectivity index is 2.09. The van der Waals surface area contributed by atoms with E-state index in [4.69, 9.17) is 9.84 Å². The van der Waals surface area contributed by atoms with Gasteiger partial charge in [0.25, 0.3) is 0 Å². The van der Waals surface area contributed by atoms with Gasteiger partial charge in [-0.1, -0.05) is 30.3 Å². The van der Waals surface area contributed by atoms with Gasteiger partial charge in [-0.2, -0.15) is 0 Å². The Kier molecular flexibility index (Phi) is 7.35. The molecule has 0 radical (unpaired) electrons. The van der Waals surface area contributed by atoms with Crippen LogP contribution in [0.2, 0.25) is 0 Å². The molecule has 5 heteroatoms. The number of hydrogen-bond donors (Lipinski definition) is 2. The van der Waals surface area contributed by atoms with Gasteiger partial charge in [-0.05, 0) is 18.9 Å². The Morgan fingerprint density at radius 1 is 1.25 bits per heavy atom. The zero-order valence-corrected chi connectivity index (χ0v) is 11.7. The van der Waals surface area contributed by atoms with E-state index >= 15 is 0 Å². The van der Waals surface area contributed by atoms with Crippen molar-refractivity contribution in [3.05, 3.63) is 35.9 Å². The second-order valence-corrected chi connectivity index (χ2v) is 4.69.